The smallest absolute Gasteiger partial charge is 0.254 e. The lowest BCUT2D eigenvalue weighted by Crippen LogP contribution is -2.15. The number of nitrogens with one attached hydrogen (secondary N) is 1. The second-order valence-electron chi connectivity index (χ2n) is 5.28. The number of fused-ring (bicyclic) bond motifs is 1. The molecule has 3 rings (SSSR count). The molecule has 0 aromatic carbocycles. The zero-order valence-electron chi connectivity index (χ0n) is 11.7. The minimum absolute atomic E-state index is 0.0298. The minimum atomic E-state index is 0.0298. The number of hydrogen-bond donors (Lipinski definition) is 1. The summed E-state index contributed by atoms with van der Waals surface area (Å²) >= 11 is 1.54. The van der Waals surface area contributed by atoms with Crippen LogP contribution in [0.5, 0.6) is 0 Å². The van der Waals surface area contributed by atoms with Crippen LogP contribution in [0, 0.1) is 0 Å². The van der Waals surface area contributed by atoms with Gasteiger partial charge in [-0.15, -0.1) is 0 Å². The van der Waals surface area contributed by atoms with E-state index >= 15 is 0 Å². The number of aromatic nitrogens is 4. The Morgan fingerprint density at radius 3 is 3.10 bits per heavy atom. The van der Waals surface area contributed by atoms with E-state index in [4.69, 9.17) is 0 Å². The van der Waals surface area contributed by atoms with E-state index in [2.05, 4.69) is 33.4 Å². The van der Waals surface area contributed by atoms with Crippen molar-refractivity contribution < 1.29 is 0 Å². The van der Waals surface area contributed by atoms with Crippen molar-refractivity contribution >= 4 is 11.8 Å². The quantitative estimate of drug-likeness (QED) is 0.693. The Hall–Kier alpha value is -1.56. The maximum Gasteiger partial charge on any atom is 0.254 e. The zero-order valence-corrected chi connectivity index (χ0v) is 12.5. The van der Waals surface area contributed by atoms with Gasteiger partial charge in [-0.1, -0.05) is 11.8 Å². The first kappa shape index (κ1) is 13.4. The summed E-state index contributed by atoms with van der Waals surface area (Å²) < 4.78 is 2.14. The monoisotopic (exact) mass is 290 g/mol. The van der Waals surface area contributed by atoms with Crippen LogP contribution in [-0.4, -0.2) is 19.5 Å². The van der Waals surface area contributed by atoms with E-state index in [1.807, 2.05) is 12.4 Å². The predicted molar refractivity (Wildman–Crippen MR) is 79.1 cm³/mol. The number of nitrogens with zero attached hydrogens (tertiary/aromatic N) is 3. The fraction of sp³-hybridized carbons (Fsp3) is 0.500. The number of H-pyrrole nitrogens is 1. The molecular weight excluding hydrogens is 272 g/mol. The molecule has 0 saturated carbocycles. The zero-order chi connectivity index (χ0) is 14.1. The van der Waals surface area contributed by atoms with Crippen molar-refractivity contribution in [2.24, 2.45) is 0 Å². The Morgan fingerprint density at radius 1 is 1.45 bits per heavy atom. The molecule has 2 heterocycles. The van der Waals surface area contributed by atoms with Gasteiger partial charge in [0.15, 0.2) is 5.16 Å². The third kappa shape index (κ3) is 2.52. The molecule has 1 aliphatic carbocycles. The lowest BCUT2D eigenvalue weighted by atomic mass is 10.3. The third-order valence-corrected chi connectivity index (χ3v) is 4.43. The molecule has 5 nitrogen and oxygen atoms in total. The van der Waals surface area contributed by atoms with Gasteiger partial charge in [-0.05, 0) is 33.1 Å². The van der Waals surface area contributed by atoms with Crippen molar-refractivity contribution in [1.82, 2.24) is 19.5 Å². The maximum absolute atomic E-state index is 11.9. The van der Waals surface area contributed by atoms with E-state index in [0.717, 1.165) is 36.3 Å². The van der Waals surface area contributed by atoms with E-state index in [1.165, 1.54) is 11.8 Å². The van der Waals surface area contributed by atoms with E-state index < -0.39 is 0 Å². The van der Waals surface area contributed by atoms with Crippen LogP contribution in [0.1, 0.15) is 43.4 Å². The second-order valence-corrected chi connectivity index (χ2v) is 6.25. The largest absolute Gasteiger partial charge is 0.332 e. The average Bonchev–Trinajstić information content (AvgIpc) is 3.04. The first-order chi connectivity index (χ1) is 9.65. The molecule has 0 aliphatic heterocycles. The summed E-state index contributed by atoms with van der Waals surface area (Å²) in [5.74, 6) is 1.72. The lowest BCUT2D eigenvalue weighted by Gasteiger charge is -2.11. The van der Waals surface area contributed by atoms with Gasteiger partial charge in [-0.3, -0.25) is 4.79 Å². The highest BCUT2D eigenvalue weighted by Crippen LogP contribution is 2.22. The Labute approximate surface area is 121 Å². The fourth-order valence-corrected chi connectivity index (χ4v) is 3.38. The SMILES string of the molecule is CC(C)n1ccnc1CSc1nc2c(c(=O)[nH]1)CCC2. The lowest BCUT2D eigenvalue weighted by molar-refractivity contribution is 0.580. The van der Waals surface area contributed by atoms with Gasteiger partial charge in [0, 0.05) is 24.0 Å². The molecule has 2 aromatic heterocycles. The van der Waals surface area contributed by atoms with Gasteiger partial charge >= 0.3 is 0 Å². The molecule has 0 unspecified atom stereocenters. The van der Waals surface area contributed by atoms with Gasteiger partial charge in [0.05, 0.1) is 11.4 Å². The molecule has 0 bridgehead atoms. The molecule has 1 N–H and O–H groups in total. The van der Waals surface area contributed by atoms with Gasteiger partial charge in [0.25, 0.3) is 5.56 Å². The molecule has 1 aliphatic rings. The molecule has 2 aromatic rings. The summed E-state index contributed by atoms with van der Waals surface area (Å²) in [4.78, 5) is 23.7. The second kappa shape index (κ2) is 5.44. The number of aromatic amines is 1. The standard InChI is InChI=1S/C14H18N4OS/c1-9(2)18-7-6-15-12(18)8-20-14-16-11-5-3-4-10(11)13(19)17-14/h6-7,9H,3-5,8H2,1-2H3,(H,16,17,19). The van der Waals surface area contributed by atoms with Gasteiger partial charge in [0.2, 0.25) is 0 Å². The molecule has 6 heteroatoms. The van der Waals surface area contributed by atoms with Crippen LogP contribution in [0.4, 0.5) is 0 Å². The van der Waals surface area contributed by atoms with Crippen molar-refractivity contribution in [3.05, 3.63) is 39.8 Å². The van der Waals surface area contributed by atoms with Crippen molar-refractivity contribution in [1.29, 1.82) is 0 Å². The number of hydrogen-bond acceptors (Lipinski definition) is 4. The highest BCUT2D eigenvalue weighted by Gasteiger charge is 2.17. The van der Waals surface area contributed by atoms with Crippen LogP contribution >= 0.6 is 11.8 Å². The third-order valence-electron chi connectivity index (χ3n) is 3.56. The summed E-state index contributed by atoms with van der Waals surface area (Å²) in [6, 6.07) is 0.389. The van der Waals surface area contributed by atoms with Gasteiger partial charge in [-0.2, -0.15) is 0 Å². The predicted octanol–water partition coefficient (Wildman–Crippen LogP) is 2.33. The maximum atomic E-state index is 11.9. The molecule has 20 heavy (non-hydrogen) atoms. The van der Waals surface area contributed by atoms with Gasteiger partial charge in [0.1, 0.15) is 5.82 Å². The van der Waals surface area contributed by atoms with Crippen LogP contribution < -0.4 is 5.56 Å². The van der Waals surface area contributed by atoms with E-state index in [-0.39, 0.29) is 5.56 Å². The molecule has 106 valence electrons. The van der Waals surface area contributed by atoms with E-state index in [9.17, 15) is 4.79 Å². The molecule has 0 saturated heterocycles. The Morgan fingerprint density at radius 2 is 2.30 bits per heavy atom. The Kier molecular flexibility index (Phi) is 3.65. The average molecular weight is 290 g/mol. The van der Waals surface area contributed by atoms with Crippen LogP contribution in [0.3, 0.4) is 0 Å². The Balaban J connectivity index is 1.77. The number of thioether (sulfide) groups is 1. The minimum Gasteiger partial charge on any atom is -0.332 e. The molecule has 0 radical (unpaired) electrons. The highest BCUT2D eigenvalue weighted by molar-refractivity contribution is 7.98. The summed E-state index contributed by atoms with van der Waals surface area (Å²) in [6.07, 6.45) is 6.62. The first-order valence-electron chi connectivity index (χ1n) is 6.91. The van der Waals surface area contributed by atoms with Crippen LogP contribution in [0.15, 0.2) is 22.3 Å². The first-order valence-corrected chi connectivity index (χ1v) is 7.90. The number of rotatable bonds is 4. The number of imidazole rings is 1. The van der Waals surface area contributed by atoms with Crippen LogP contribution in [-0.2, 0) is 18.6 Å². The Bertz CT molecular complexity index is 674. The normalized spacial score (nSPS) is 13.9. The molecular formula is C14H18N4OS. The van der Waals surface area contributed by atoms with E-state index in [0.29, 0.717) is 17.0 Å². The summed E-state index contributed by atoms with van der Waals surface area (Å²) in [5.41, 5.74) is 1.88. The van der Waals surface area contributed by atoms with Crippen LogP contribution in [0.2, 0.25) is 0 Å². The van der Waals surface area contributed by atoms with E-state index in [1.54, 1.807) is 0 Å². The molecule has 0 spiro atoms. The fourth-order valence-electron chi connectivity index (χ4n) is 2.55. The highest BCUT2D eigenvalue weighted by atomic mass is 32.2. The van der Waals surface area contributed by atoms with Crippen molar-refractivity contribution in [3.63, 3.8) is 0 Å². The summed E-state index contributed by atoms with van der Waals surface area (Å²) in [6.45, 7) is 4.26. The molecule has 0 atom stereocenters. The van der Waals surface area contributed by atoms with Crippen LogP contribution in [0.25, 0.3) is 0 Å². The van der Waals surface area contributed by atoms with Gasteiger partial charge in [-0.25, -0.2) is 9.97 Å². The summed E-state index contributed by atoms with van der Waals surface area (Å²) in [7, 11) is 0. The molecule has 0 amide bonds. The topological polar surface area (TPSA) is 63.6 Å². The van der Waals surface area contributed by atoms with Crippen molar-refractivity contribution in [2.75, 3.05) is 0 Å². The summed E-state index contributed by atoms with van der Waals surface area (Å²) in [5, 5.41) is 0.703. The van der Waals surface area contributed by atoms with Crippen molar-refractivity contribution in [3.8, 4) is 0 Å². The number of aryl methyl sites for hydroxylation is 1. The van der Waals surface area contributed by atoms with Gasteiger partial charge < -0.3 is 9.55 Å². The molecule has 0 fully saturated rings. The van der Waals surface area contributed by atoms with Crippen molar-refractivity contribution in [2.45, 2.75) is 50.1 Å².